The first-order valence-corrected chi connectivity index (χ1v) is 4.25. The van der Waals surface area contributed by atoms with Crippen LogP contribution in [0.1, 0.15) is 11.1 Å². The van der Waals surface area contributed by atoms with Gasteiger partial charge in [0.2, 0.25) is 0 Å². The van der Waals surface area contributed by atoms with E-state index >= 15 is 0 Å². The van der Waals surface area contributed by atoms with Crippen molar-refractivity contribution in [3.63, 3.8) is 0 Å². The SMILES string of the molecule is FC(F)Oc1cc(C(F)(F)F)ccc1C(F)(F)F. The Hall–Kier alpha value is -1.54. The van der Waals surface area contributed by atoms with Crippen LogP contribution < -0.4 is 4.74 Å². The largest absolute Gasteiger partial charge is 0.434 e. The van der Waals surface area contributed by atoms with Crippen molar-refractivity contribution in [3.05, 3.63) is 29.3 Å². The molecule has 1 aromatic rings. The van der Waals surface area contributed by atoms with Crippen molar-refractivity contribution < 1.29 is 39.9 Å². The molecular formula is C9H4F8O. The second-order valence-electron chi connectivity index (χ2n) is 3.08. The average molecular weight is 280 g/mol. The summed E-state index contributed by atoms with van der Waals surface area (Å²) in [6.45, 7) is -3.66. The van der Waals surface area contributed by atoms with Gasteiger partial charge in [0.1, 0.15) is 5.75 Å². The van der Waals surface area contributed by atoms with E-state index < -0.39 is 35.8 Å². The first-order chi connectivity index (χ1) is 8.01. The summed E-state index contributed by atoms with van der Waals surface area (Å²) >= 11 is 0. The Morgan fingerprint density at radius 1 is 0.889 bits per heavy atom. The minimum atomic E-state index is -5.09. The maximum atomic E-state index is 12.3. The summed E-state index contributed by atoms with van der Waals surface area (Å²) in [7, 11) is 0. The molecule has 0 fully saturated rings. The molecule has 0 aliphatic rings. The van der Waals surface area contributed by atoms with Gasteiger partial charge in [-0.1, -0.05) is 0 Å². The summed E-state index contributed by atoms with van der Waals surface area (Å²) < 4.78 is 101. The number of alkyl halides is 8. The third-order valence-corrected chi connectivity index (χ3v) is 1.83. The molecule has 0 aliphatic heterocycles. The van der Waals surface area contributed by atoms with Gasteiger partial charge in [-0.05, 0) is 18.2 Å². The van der Waals surface area contributed by atoms with Crippen LogP contribution in [0.3, 0.4) is 0 Å². The van der Waals surface area contributed by atoms with Crippen LogP contribution in [0.4, 0.5) is 35.1 Å². The number of hydrogen-bond acceptors (Lipinski definition) is 1. The zero-order valence-electron chi connectivity index (χ0n) is 8.24. The van der Waals surface area contributed by atoms with Gasteiger partial charge in [-0.15, -0.1) is 0 Å². The average Bonchev–Trinajstić information content (AvgIpc) is 2.13. The molecule has 0 unspecified atom stereocenters. The molecule has 0 heterocycles. The van der Waals surface area contributed by atoms with Crippen LogP contribution in [0.25, 0.3) is 0 Å². The number of rotatable bonds is 2. The van der Waals surface area contributed by atoms with Gasteiger partial charge in [-0.25, -0.2) is 0 Å². The molecule has 0 aromatic heterocycles. The number of ether oxygens (including phenoxy) is 1. The van der Waals surface area contributed by atoms with Gasteiger partial charge < -0.3 is 4.74 Å². The molecule has 0 N–H and O–H groups in total. The van der Waals surface area contributed by atoms with Gasteiger partial charge in [-0.3, -0.25) is 0 Å². The van der Waals surface area contributed by atoms with Crippen LogP contribution in [0.2, 0.25) is 0 Å². The molecular weight excluding hydrogens is 276 g/mol. The van der Waals surface area contributed by atoms with Crippen molar-refractivity contribution in [1.29, 1.82) is 0 Å². The fourth-order valence-corrected chi connectivity index (χ4v) is 1.13. The molecule has 1 aromatic carbocycles. The third kappa shape index (κ3) is 3.47. The summed E-state index contributed by atoms with van der Waals surface area (Å²) in [6, 6.07) is 0.0661. The van der Waals surface area contributed by atoms with Gasteiger partial charge in [-0.2, -0.15) is 35.1 Å². The smallest absolute Gasteiger partial charge is 0.419 e. The van der Waals surface area contributed by atoms with E-state index in [0.29, 0.717) is 0 Å². The first-order valence-electron chi connectivity index (χ1n) is 4.25. The Balaban J connectivity index is 3.30. The van der Waals surface area contributed by atoms with E-state index in [0.717, 1.165) is 0 Å². The Bertz CT molecular complexity index is 420. The monoisotopic (exact) mass is 280 g/mol. The number of halogens is 8. The number of hydrogen-bond donors (Lipinski definition) is 0. The van der Waals surface area contributed by atoms with Gasteiger partial charge in [0.05, 0.1) is 11.1 Å². The van der Waals surface area contributed by atoms with Crippen molar-refractivity contribution in [3.8, 4) is 5.75 Å². The van der Waals surface area contributed by atoms with Crippen LogP contribution in [0, 0.1) is 0 Å². The summed E-state index contributed by atoms with van der Waals surface area (Å²) in [5.74, 6) is -1.56. The van der Waals surface area contributed by atoms with Crippen molar-refractivity contribution in [2.45, 2.75) is 19.0 Å². The summed E-state index contributed by atoms with van der Waals surface area (Å²) in [5, 5.41) is 0. The van der Waals surface area contributed by atoms with Crippen molar-refractivity contribution in [2.75, 3.05) is 0 Å². The highest BCUT2D eigenvalue weighted by Gasteiger charge is 2.38. The van der Waals surface area contributed by atoms with Crippen LogP contribution in [-0.2, 0) is 12.4 Å². The zero-order chi connectivity index (χ0) is 14.1. The van der Waals surface area contributed by atoms with Gasteiger partial charge in [0, 0.05) is 0 Å². The van der Waals surface area contributed by atoms with E-state index in [1.807, 2.05) is 0 Å². The molecule has 9 heteroatoms. The summed E-state index contributed by atoms with van der Waals surface area (Å²) in [5.41, 5.74) is -3.21. The molecule has 0 atom stereocenters. The standard InChI is InChI=1S/C9H4F8O/c10-7(11)18-6-3-4(8(12,13)14)1-2-5(6)9(15,16)17/h1-3,7H. The Morgan fingerprint density at radius 3 is 1.83 bits per heavy atom. The van der Waals surface area contributed by atoms with E-state index in [2.05, 4.69) is 4.74 Å². The fraction of sp³-hybridized carbons (Fsp3) is 0.333. The Labute approximate surface area is 95.0 Å². The highest BCUT2D eigenvalue weighted by atomic mass is 19.4. The van der Waals surface area contributed by atoms with E-state index in [9.17, 15) is 35.1 Å². The third-order valence-electron chi connectivity index (χ3n) is 1.83. The lowest BCUT2D eigenvalue weighted by atomic mass is 10.1. The highest BCUT2D eigenvalue weighted by molar-refractivity contribution is 5.40. The van der Waals surface area contributed by atoms with Crippen LogP contribution in [0.15, 0.2) is 18.2 Å². The molecule has 0 saturated carbocycles. The lowest BCUT2D eigenvalue weighted by Crippen LogP contribution is -2.13. The molecule has 0 amide bonds. The van der Waals surface area contributed by atoms with Crippen molar-refractivity contribution in [1.82, 2.24) is 0 Å². The Morgan fingerprint density at radius 2 is 1.44 bits per heavy atom. The van der Waals surface area contributed by atoms with E-state index in [1.54, 1.807) is 0 Å². The Kier molecular flexibility index (Phi) is 3.72. The molecule has 0 aliphatic carbocycles. The van der Waals surface area contributed by atoms with Crippen LogP contribution >= 0.6 is 0 Å². The normalized spacial score (nSPS) is 12.9. The maximum absolute atomic E-state index is 12.3. The summed E-state index contributed by atoms with van der Waals surface area (Å²) in [6.07, 6.45) is -10.0. The minimum absolute atomic E-state index is 0.0422. The molecule has 18 heavy (non-hydrogen) atoms. The number of benzene rings is 1. The second-order valence-corrected chi connectivity index (χ2v) is 3.08. The molecule has 1 rings (SSSR count). The van der Waals surface area contributed by atoms with Gasteiger partial charge in [0.25, 0.3) is 0 Å². The highest BCUT2D eigenvalue weighted by Crippen LogP contribution is 2.40. The molecule has 0 radical (unpaired) electrons. The predicted molar refractivity (Wildman–Crippen MR) is 43.1 cm³/mol. The predicted octanol–water partition coefficient (Wildman–Crippen LogP) is 4.33. The molecule has 0 spiro atoms. The van der Waals surface area contributed by atoms with Crippen molar-refractivity contribution in [2.24, 2.45) is 0 Å². The van der Waals surface area contributed by atoms with E-state index in [1.165, 1.54) is 0 Å². The molecule has 1 nitrogen and oxygen atoms in total. The van der Waals surface area contributed by atoms with Gasteiger partial charge in [0.15, 0.2) is 0 Å². The molecule has 0 bridgehead atoms. The van der Waals surface area contributed by atoms with E-state index in [4.69, 9.17) is 0 Å². The zero-order valence-corrected chi connectivity index (χ0v) is 8.24. The second kappa shape index (κ2) is 4.62. The first kappa shape index (κ1) is 14.5. The molecule has 0 saturated heterocycles. The van der Waals surface area contributed by atoms with Crippen molar-refractivity contribution >= 4 is 0 Å². The fourth-order valence-electron chi connectivity index (χ4n) is 1.13. The molecule has 102 valence electrons. The van der Waals surface area contributed by atoms with E-state index in [-0.39, 0.29) is 18.2 Å². The maximum Gasteiger partial charge on any atom is 0.419 e. The lowest BCUT2D eigenvalue weighted by molar-refractivity contribution is -0.145. The van der Waals surface area contributed by atoms with Crippen LogP contribution in [-0.4, -0.2) is 6.61 Å². The van der Waals surface area contributed by atoms with Crippen LogP contribution in [0.5, 0.6) is 5.75 Å². The topological polar surface area (TPSA) is 9.23 Å². The lowest BCUT2D eigenvalue weighted by Gasteiger charge is -2.15. The van der Waals surface area contributed by atoms with Gasteiger partial charge >= 0.3 is 19.0 Å². The minimum Gasteiger partial charge on any atom is -0.434 e. The summed E-state index contributed by atoms with van der Waals surface area (Å²) in [4.78, 5) is 0. The quantitative estimate of drug-likeness (QED) is 0.733.